The Morgan fingerprint density at radius 1 is 0.864 bits per heavy atom. The van der Waals surface area contributed by atoms with E-state index in [1.165, 1.54) is 11.3 Å². The van der Waals surface area contributed by atoms with Gasteiger partial charge in [-0.25, -0.2) is 0 Å². The van der Waals surface area contributed by atoms with E-state index < -0.39 is 0 Å². The molecule has 0 atom stereocenters. The average Bonchev–Trinajstić information content (AvgIpc) is 2.55. The number of aromatic nitrogens is 1. The molecule has 22 heavy (non-hydrogen) atoms. The molecule has 0 unspecified atom stereocenters. The normalized spacial score (nSPS) is 10.8. The zero-order valence-electron chi connectivity index (χ0n) is 14.2. The van der Waals surface area contributed by atoms with Crippen LogP contribution < -0.4 is 14.2 Å². The second-order valence-corrected chi connectivity index (χ2v) is 5.29. The van der Waals surface area contributed by atoms with Gasteiger partial charge in [-0.05, 0) is 29.9 Å². The van der Waals surface area contributed by atoms with Crippen LogP contribution >= 0.6 is 0 Å². The maximum atomic E-state index is 5.58. The largest absolute Gasteiger partial charge is 0.493 e. The van der Waals surface area contributed by atoms with Gasteiger partial charge in [-0.1, -0.05) is 26.7 Å². The highest BCUT2D eigenvalue weighted by molar-refractivity contribution is 5.95. The summed E-state index contributed by atoms with van der Waals surface area (Å²) in [4.78, 5) is 4.68. The number of fused-ring (bicyclic) bond motifs is 1. The lowest BCUT2D eigenvalue weighted by Gasteiger charge is -2.18. The average molecular weight is 303 g/mol. The van der Waals surface area contributed by atoms with Gasteiger partial charge in [-0.15, -0.1) is 0 Å². The second-order valence-electron chi connectivity index (χ2n) is 5.29. The first-order valence-electron chi connectivity index (χ1n) is 7.81. The van der Waals surface area contributed by atoms with E-state index in [2.05, 4.69) is 18.8 Å². The van der Waals surface area contributed by atoms with Gasteiger partial charge < -0.3 is 14.2 Å². The van der Waals surface area contributed by atoms with Crippen molar-refractivity contribution in [3.8, 4) is 17.2 Å². The molecule has 1 aromatic carbocycles. The smallest absolute Gasteiger partial charge is 0.204 e. The Morgan fingerprint density at radius 3 is 2.09 bits per heavy atom. The topological polar surface area (TPSA) is 40.6 Å². The Labute approximate surface area is 132 Å². The molecular formula is C18H25NO3. The summed E-state index contributed by atoms with van der Waals surface area (Å²) in [5, 5.41) is 2.12. The Kier molecular flexibility index (Phi) is 5.47. The Bertz CT molecular complexity index is 653. The first-order valence-corrected chi connectivity index (χ1v) is 7.81. The molecule has 0 bridgehead atoms. The second kappa shape index (κ2) is 7.34. The van der Waals surface area contributed by atoms with Crippen molar-refractivity contribution in [1.29, 1.82) is 0 Å². The predicted molar refractivity (Wildman–Crippen MR) is 89.4 cm³/mol. The summed E-state index contributed by atoms with van der Waals surface area (Å²) >= 11 is 0. The van der Waals surface area contributed by atoms with Crippen LogP contribution in [0.2, 0.25) is 0 Å². The summed E-state index contributed by atoms with van der Waals surface area (Å²) in [5.74, 6) is 1.99. The van der Waals surface area contributed by atoms with E-state index in [-0.39, 0.29) is 0 Å². The van der Waals surface area contributed by atoms with Crippen molar-refractivity contribution in [3.05, 3.63) is 23.5 Å². The van der Waals surface area contributed by atoms with Gasteiger partial charge in [-0.2, -0.15) is 0 Å². The third-order valence-electron chi connectivity index (χ3n) is 3.88. The molecule has 2 aromatic rings. The predicted octanol–water partition coefficient (Wildman–Crippen LogP) is 4.17. The number of methoxy groups -OCH3 is 3. The quantitative estimate of drug-likeness (QED) is 0.770. The van der Waals surface area contributed by atoms with Crippen molar-refractivity contribution in [2.45, 2.75) is 39.5 Å². The lowest BCUT2D eigenvalue weighted by Crippen LogP contribution is -2.02. The summed E-state index contributed by atoms with van der Waals surface area (Å²) in [6.07, 6.45) is 6.04. The van der Waals surface area contributed by atoms with Gasteiger partial charge in [0.2, 0.25) is 5.75 Å². The number of aryl methyl sites for hydroxylation is 2. The molecule has 0 aliphatic rings. The minimum Gasteiger partial charge on any atom is -0.493 e. The number of pyridine rings is 1. The maximum Gasteiger partial charge on any atom is 0.204 e. The SMILES string of the molecule is CCCc1ncc2c(OC)c(OC)c(OC)cc2c1CCC. The Morgan fingerprint density at radius 2 is 1.55 bits per heavy atom. The van der Waals surface area contributed by atoms with Crippen LogP contribution in [0, 0.1) is 0 Å². The summed E-state index contributed by atoms with van der Waals surface area (Å²) < 4.78 is 16.5. The molecule has 4 heteroatoms. The van der Waals surface area contributed by atoms with Gasteiger partial charge in [0.25, 0.3) is 0 Å². The highest BCUT2D eigenvalue weighted by atomic mass is 16.5. The van der Waals surface area contributed by atoms with E-state index in [0.717, 1.165) is 36.5 Å². The van der Waals surface area contributed by atoms with Crippen LogP contribution in [-0.4, -0.2) is 26.3 Å². The van der Waals surface area contributed by atoms with E-state index in [1.807, 2.05) is 12.3 Å². The molecule has 0 aliphatic heterocycles. The maximum absolute atomic E-state index is 5.58. The van der Waals surface area contributed by atoms with Gasteiger partial charge in [0.1, 0.15) is 0 Å². The van der Waals surface area contributed by atoms with E-state index in [0.29, 0.717) is 17.2 Å². The summed E-state index contributed by atoms with van der Waals surface area (Å²) in [6.45, 7) is 4.36. The van der Waals surface area contributed by atoms with Crippen molar-refractivity contribution in [3.63, 3.8) is 0 Å². The van der Waals surface area contributed by atoms with E-state index >= 15 is 0 Å². The number of hydrogen-bond donors (Lipinski definition) is 0. The molecule has 0 radical (unpaired) electrons. The van der Waals surface area contributed by atoms with Crippen molar-refractivity contribution < 1.29 is 14.2 Å². The standard InChI is InChI=1S/C18H25NO3/c1-6-8-12-13-10-16(20-3)18(22-5)17(21-4)14(13)11-19-15(12)9-7-2/h10-11H,6-9H2,1-5H3. The van der Waals surface area contributed by atoms with E-state index in [4.69, 9.17) is 14.2 Å². The van der Waals surface area contributed by atoms with Crippen molar-refractivity contribution >= 4 is 10.8 Å². The molecule has 1 heterocycles. The van der Waals surface area contributed by atoms with E-state index in [1.54, 1.807) is 21.3 Å². The number of rotatable bonds is 7. The van der Waals surface area contributed by atoms with E-state index in [9.17, 15) is 0 Å². The molecule has 1 aromatic heterocycles. The van der Waals surface area contributed by atoms with Crippen LogP contribution in [0.25, 0.3) is 10.8 Å². The molecule has 0 saturated heterocycles. The zero-order valence-corrected chi connectivity index (χ0v) is 14.2. The molecule has 0 amide bonds. The van der Waals surface area contributed by atoms with Crippen LogP contribution in [0.1, 0.15) is 37.9 Å². The van der Waals surface area contributed by atoms with Gasteiger partial charge in [0.15, 0.2) is 11.5 Å². The minimum absolute atomic E-state index is 0.616. The molecule has 0 spiro atoms. The number of hydrogen-bond acceptors (Lipinski definition) is 4. The fourth-order valence-electron chi connectivity index (χ4n) is 2.91. The third-order valence-corrected chi connectivity index (χ3v) is 3.88. The van der Waals surface area contributed by atoms with Crippen molar-refractivity contribution in [2.24, 2.45) is 0 Å². The highest BCUT2D eigenvalue weighted by Gasteiger charge is 2.19. The monoisotopic (exact) mass is 303 g/mol. The zero-order chi connectivity index (χ0) is 16.1. The Balaban J connectivity index is 2.82. The summed E-state index contributed by atoms with van der Waals surface area (Å²) in [5.41, 5.74) is 2.47. The third kappa shape index (κ3) is 2.82. The lowest BCUT2D eigenvalue weighted by molar-refractivity contribution is 0.327. The van der Waals surface area contributed by atoms with Gasteiger partial charge in [-0.3, -0.25) is 4.98 Å². The molecule has 2 rings (SSSR count). The highest BCUT2D eigenvalue weighted by Crippen LogP contribution is 2.44. The molecule has 120 valence electrons. The van der Waals surface area contributed by atoms with Crippen LogP contribution in [-0.2, 0) is 12.8 Å². The number of benzene rings is 1. The van der Waals surface area contributed by atoms with Crippen LogP contribution in [0.15, 0.2) is 12.3 Å². The van der Waals surface area contributed by atoms with Crippen LogP contribution in [0.5, 0.6) is 17.2 Å². The summed E-state index contributed by atoms with van der Waals surface area (Å²) in [6, 6.07) is 2.04. The van der Waals surface area contributed by atoms with Gasteiger partial charge in [0, 0.05) is 17.3 Å². The molecule has 4 nitrogen and oxygen atoms in total. The molecule has 0 saturated carbocycles. The first-order chi connectivity index (χ1) is 10.7. The molecule has 0 aliphatic carbocycles. The van der Waals surface area contributed by atoms with Crippen molar-refractivity contribution in [1.82, 2.24) is 4.98 Å². The minimum atomic E-state index is 0.616. The van der Waals surface area contributed by atoms with Crippen LogP contribution in [0.3, 0.4) is 0 Å². The summed E-state index contributed by atoms with van der Waals surface area (Å²) in [7, 11) is 4.92. The van der Waals surface area contributed by atoms with Crippen LogP contribution in [0.4, 0.5) is 0 Å². The molecular weight excluding hydrogens is 278 g/mol. The lowest BCUT2D eigenvalue weighted by atomic mass is 9.97. The fourth-order valence-corrected chi connectivity index (χ4v) is 2.91. The Hall–Kier alpha value is -1.97. The van der Waals surface area contributed by atoms with Gasteiger partial charge >= 0.3 is 0 Å². The molecule has 0 N–H and O–H groups in total. The van der Waals surface area contributed by atoms with Crippen molar-refractivity contribution in [2.75, 3.05) is 21.3 Å². The van der Waals surface area contributed by atoms with Gasteiger partial charge in [0.05, 0.1) is 21.3 Å². The first kappa shape index (κ1) is 16.4. The molecule has 0 fully saturated rings. The number of ether oxygens (including phenoxy) is 3. The number of nitrogens with zero attached hydrogens (tertiary/aromatic N) is 1. The fraction of sp³-hybridized carbons (Fsp3) is 0.500.